The number of ether oxygens (including phenoxy) is 2. The Morgan fingerprint density at radius 2 is 1.96 bits per heavy atom. The van der Waals surface area contributed by atoms with Crippen LogP contribution in [-0.4, -0.2) is 43.2 Å². The Labute approximate surface area is 157 Å². The summed E-state index contributed by atoms with van der Waals surface area (Å²) in [4.78, 5) is 14.6. The Morgan fingerprint density at radius 3 is 2.73 bits per heavy atom. The maximum atomic E-state index is 12.7. The van der Waals surface area contributed by atoms with Crippen LogP contribution in [0.3, 0.4) is 0 Å². The monoisotopic (exact) mass is 360 g/mol. The average Bonchev–Trinajstić information content (AvgIpc) is 2.67. The SMILES string of the molecule is CCN(Cc1ccc2c(c1)OCCO2)C(=O)CNC1CCCC(C)C1C. The van der Waals surface area contributed by atoms with Crippen molar-refractivity contribution in [1.82, 2.24) is 10.2 Å². The van der Waals surface area contributed by atoms with E-state index < -0.39 is 0 Å². The molecule has 3 rings (SSSR count). The molecule has 1 aromatic rings. The molecule has 3 atom stereocenters. The molecule has 1 amide bonds. The van der Waals surface area contributed by atoms with E-state index in [2.05, 4.69) is 19.2 Å². The van der Waals surface area contributed by atoms with Crippen LogP contribution in [0.2, 0.25) is 0 Å². The van der Waals surface area contributed by atoms with Crippen molar-refractivity contribution in [2.75, 3.05) is 26.3 Å². The molecule has 144 valence electrons. The molecular formula is C21H32N2O3. The lowest BCUT2D eigenvalue weighted by molar-refractivity contribution is -0.130. The highest BCUT2D eigenvalue weighted by molar-refractivity contribution is 5.78. The van der Waals surface area contributed by atoms with Crippen LogP contribution < -0.4 is 14.8 Å². The summed E-state index contributed by atoms with van der Waals surface area (Å²) in [5.41, 5.74) is 1.07. The first kappa shape index (κ1) is 19.0. The highest BCUT2D eigenvalue weighted by atomic mass is 16.6. The number of likely N-dealkylation sites (N-methyl/N-ethyl adjacent to an activating group) is 1. The van der Waals surface area contributed by atoms with Crippen LogP contribution in [0.25, 0.3) is 0 Å². The van der Waals surface area contributed by atoms with Gasteiger partial charge < -0.3 is 19.7 Å². The zero-order chi connectivity index (χ0) is 18.5. The number of nitrogens with zero attached hydrogens (tertiary/aromatic N) is 1. The largest absolute Gasteiger partial charge is 0.486 e. The molecule has 0 saturated heterocycles. The molecule has 0 aromatic heterocycles. The van der Waals surface area contributed by atoms with Crippen molar-refractivity contribution in [2.24, 2.45) is 11.8 Å². The number of fused-ring (bicyclic) bond motifs is 1. The van der Waals surface area contributed by atoms with Crippen molar-refractivity contribution < 1.29 is 14.3 Å². The van der Waals surface area contributed by atoms with Crippen LogP contribution in [0.4, 0.5) is 0 Å². The highest BCUT2D eigenvalue weighted by Gasteiger charge is 2.27. The Balaban J connectivity index is 1.55. The lowest BCUT2D eigenvalue weighted by atomic mass is 9.78. The van der Waals surface area contributed by atoms with Crippen molar-refractivity contribution in [1.29, 1.82) is 0 Å². The van der Waals surface area contributed by atoms with Gasteiger partial charge in [0.15, 0.2) is 11.5 Å². The van der Waals surface area contributed by atoms with Crippen molar-refractivity contribution in [2.45, 2.75) is 52.6 Å². The quantitative estimate of drug-likeness (QED) is 0.846. The van der Waals surface area contributed by atoms with E-state index in [1.54, 1.807) is 0 Å². The number of amides is 1. The van der Waals surface area contributed by atoms with E-state index in [0.29, 0.717) is 44.8 Å². The summed E-state index contributed by atoms with van der Waals surface area (Å²) in [5.74, 6) is 3.09. The van der Waals surface area contributed by atoms with Gasteiger partial charge in [-0.1, -0.05) is 32.8 Å². The number of nitrogens with one attached hydrogen (secondary N) is 1. The summed E-state index contributed by atoms with van der Waals surface area (Å²) >= 11 is 0. The maximum absolute atomic E-state index is 12.7. The van der Waals surface area contributed by atoms with E-state index in [-0.39, 0.29) is 5.91 Å². The second-order valence-electron chi connectivity index (χ2n) is 7.64. The summed E-state index contributed by atoms with van der Waals surface area (Å²) in [6.07, 6.45) is 3.73. The maximum Gasteiger partial charge on any atom is 0.236 e. The van der Waals surface area contributed by atoms with Crippen molar-refractivity contribution in [3.8, 4) is 11.5 Å². The van der Waals surface area contributed by atoms with Gasteiger partial charge in [-0.15, -0.1) is 0 Å². The zero-order valence-electron chi connectivity index (χ0n) is 16.3. The molecule has 5 nitrogen and oxygen atoms in total. The Bertz CT molecular complexity index is 619. The number of carbonyl (C=O) groups excluding carboxylic acids is 1. The summed E-state index contributed by atoms with van der Waals surface area (Å²) in [6, 6.07) is 6.39. The van der Waals surface area contributed by atoms with Gasteiger partial charge in [0, 0.05) is 19.1 Å². The molecule has 0 spiro atoms. The Hall–Kier alpha value is -1.75. The van der Waals surface area contributed by atoms with Crippen LogP contribution >= 0.6 is 0 Å². The van der Waals surface area contributed by atoms with Gasteiger partial charge in [0.1, 0.15) is 13.2 Å². The normalized spacial score (nSPS) is 25.0. The molecule has 1 aliphatic heterocycles. The first-order chi connectivity index (χ1) is 12.6. The van der Waals surface area contributed by atoms with Gasteiger partial charge in [-0.3, -0.25) is 4.79 Å². The van der Waals surface area contributed by atoms with Gasteiger partial charge in [0.25, 0.3) is 0 Å². The minimum Gasteiger partial charge on any atom is -0.486 e. The van der Waals surface area contributed by atoms with E-state index >= 15 is 0 Å². The van der Waals surface area contributed by atoms with Crippen molar-refractivity contribution in [3.63, 3.8) is 0 Å². The molecule has 1 aliphatic carbocycles. The first-order valence-corrected chi connectivity index (χ1v) is 9.98. The molecule has 1 saturated carbocycles. The van der Waals surface area contributed by atoms with Gasteiger partial charge in [-0.05, 0) is 42.9 Å². The van der Waals surface area contributed by atoms with Gasteiger partial charge in [0.05, 0.1) is 6.54 Å². The standard InChI is InChI=1S/C21H32N2O3/c1-4-23(14-17-8-9-19-20(12-17)26-11-10-25-19)21(24)13-22-18-7-5-6-15(2)16(18)3/h8-9,12,15-16,18,22H,4-7,10-11,13-14H2,1-3H3. The lowest BCUT2D eigenvalue weighted by Gasteiger charge is -2.35. The average molecular weight is 360 g/mol. The van der Waals surface area contributed by atoms with E-state index in [9.17, 15) is 4.79 Å². The third-order valence-corrected chi connectivity index (χ3v) is 5.94. The third kappa shape index (κ3) is 4.50. The van der Waals surface area contributed by atoms with Crippen LogP contribution in [-0.2, 0) is 11.3 Å². The van der Waals surface area contributed by atoms with Gasteiger partial charge in [-0.25, -0.2) is 0 Å². The van der Waals surface area contributed by atoms with Crippen molar-refractivity contribution >= 4 is 5.91 Å². The van der Waals surface area contributed by atoms with Crippen LogP contribution in [0.1, 0.15) is 45.6 Å². The van der Waals surface area contributed by atoms with Gasteiger partial charge in [-0.2, -0.15) is 0 Å². The molecule has 0 bridgehead atoms. The van der Waals surface area contributed by atoms with Gasteiger partial charge in [0.2, 0.25) is 5.91 Å². The molecule has 1 N–H and O–H groups in total. The van der Waals surface area contributed by atoms with Gasteiger partial charge >= 0.3 is 0 Å². The number of benzene rings is 1. The fourth-order valence-corrected chi connectivity index (χ4v) is 3.98. The summed E-state index contributed by atoms with van der Waals surface area (Å²) < 4.78 is 11.2. The second kappa shape index (κ2) is 8.76. The summed E-state index contributed by atoms with van der Waals surface area (Å²) in [7, 11) is 0. The highest BCUT2D eigenvalue weighted by Crippen LogP contribution is 2.31. The Morgan fingerprint density at radius 1 is 1.19 bits per heavy atom. The summed E-state index contributed by atoms with van der Waals surface area (Å²) in [6.45, 7) is 9.54. The number of carbonyl (C=O) groups is 1. The fraction of sp³-hybridized carbons (Fsp3) is 0.667. The Kier molecular flexibility index (Phi) is 6.41. The van der Waals surface area contributed by atoms with E-state index in [1.807, 2.05) is 30.0 Å². The fourth-order valence-electron chi connectivity index (χ4n) is 3.98. The summed E-state index contributed by atoms with van der Waals surface area (Å²) in [5, 5.41) is 3.52. The smallest absolute Gasteiger partial charge is 0.236 e. The molecule has 0 radical (unpaired) electrons. The topological polar surface area (TPSA) is 50.8 Å². The zero-order valence-corrected chi connectivity index (χ0v) is 16.3. The number of hydrogen-bond donors (Lipinski definition) is 1. The minimum atomic E-state index is 0.160. The van der Waals surface area contributed by atoms with Crippen molar-refractivity contribution in [3.05, 3.63) is 23.8 Å². The second-order valence-corrected chi connectivity index (χ2v) is 7.64. The van der Waals surface area contributed by atoms with Crippen LogP contribution in [0.15, 0.2) is 18.2 Å². The van der Waals surface area contributed by atoms with E-state index in [0.717, 1.165) is 23.0 Å². The molecule has 3 unspecified atom stereocenters. The first-order valence-electron chi connectivity index (χ1n) is 9.98. The lowest BCUT2D eigenvalue weighted by Crippen LogP contribution is -2.46. The van der Waals surface area contributed by atoms with Crippen LogP contribution in [0, 0.1) is 11.8 Å². The molecule has 1 heterocycles. The number of hydrogen-bond acceptors (Lipinski definition) is 4. The molecule has 1 aromatic carbocycles. The van der Waals surface area contributed by atoms with E-state index in [1.165, 1.54) is 19.3 Å². The molecule has 26 heavy (non-hydrogen) atoms. The molecular weight excluding hydrogens is 328 g/mol. The number of rotatable bonds is 6. The predicted octanol–water partition coefficient (Wildman–Crippen LogP) is 3.22. The predicted molar refractivity (Wildman–Crippen MR) is 102 cm³/mol. The molecule has 5 heteroatoms. The molecule has 1 fully saturated rings. The van der Waals surface area contributed by atoms with Crippen LogP contribution in [0.5, 0.6) is 11.5 Å². The van der Waals surface area contributed by atoms with E-state index in [4.69, 9.17) is 9.47 Å². The minimum absolute atomic E-state index is 0.160. The third-order valence-electron chi connectivity index (χ3n) is 5.94. The molecule has 2 aliphatic rings.